The van der Waals surface area contributed by atoms with Gasteiger partial charge in [0.15, 0.2) is 0 Å². The van der Waals surface area contributed by atoms with Crippen LogP contribution in [0.1, 0.15) is 47.0 Å². The van der Waals surface area contributed by atoms with Gasteiger partial charge < -0.3 is 10.4 Å². The van der Waals surface area contributed by atoms with Crippen LogP contribution in [0.5, 0.6) is 0 Å². The van der Waals surface area contributed by atoms with E-state index in [9.17, 15) is 5.11 Å². The average Bonchev–Trinajstić information content (AvgIpc) is 1.95. The lowest BCUT2D eigenvalue weighted by molar-refractivity contribution is 0.0387. The number of nitrogens with one attached hydrogen (secondary N) is 1. The SMILES string of the molecule is CCCCNCC(C)(O)CC(C)C. The van der Waals surface area contributed by atoms with Gasteiger partial charge in [-0.05, 0) is 32.2 Å². The highest BCUT2D eigenvalue weighted by Crippen LogP contribution is 2.14. The molecule has 0 radical (unpaired) electrons. The van der Waals surface area contributed by atoms with Crippen LogP contribution in [0.4, 0.5) is 0 Å². The van der Waals surface area contributed by atoms with Crippen molar-refractivity contribution in [3.05, 3.63) is 0 Å². The summed E-state index contributed by atoms with van der Waals surface area (Å²) in [5.74, 6) is 0.558. The standard InChI is InChI=1S/C11H25NO/c1-5-6-7-12-9-11(4,13)8-10(2)3/h10,12-13H,5-9H2,1-4H3. The van der Waals surface area contributed by atoms with E-state index in [2.05, 4.69) is 26.1 Å². The van der Waals surface area contributed by atoms with Gasteiger partial charge in [0, 0.05) is 6.54 Å². The molecule has 0 fully saturated rings. The number of rotatable bonds is 7. The minimum atomic E-state index is -0.540. The molecular formula is C11H25NO. The van der Waals surface area contributed by atoms with E-state index in [0.717, 1.165) is 13.0 Å². The van der Waals surface area contributed by atoms with E-state index in [0.29, 0.717) is 12.5 Å². The van der Waals surface area contributed by atoms with Gasteiger partial charge in [-0.2, -0.15) is 0 Å². The molecule has 0 amide bonds. The summed E-state index contributed by atoms with van der Waals surface area (Å²) in [6.07, 6.45) is 3.27. The van der Waals surface area contributed by atoms with Crippen LogP contribution in [0.25, 0.3) is 0 Å². The molecule has 1 atom stereocenters. The van der Waals surface area contributed by atoms with Crippen molar-refractivity contribution in [2.45, 2.75) is 52.6 Å². The lowest BCUT2D eigenvalue weighted by Gasteiger charge is -2.25. The van der Waals surface area contributed by atoms with Crippen LogP contribution in [0.2, 0.25) is 0 Å². The number of hydrogen-bond acceptors (Lipinski definition) is 2. The van der Waals surface area contributed by atoms with E-state index in [-0.39, 0.29) is 0 Å². The molecule has 2 N–H and O–H groups in total. The van der Waals surface area contributed by atoms with Gasteiger partial charge in [-0.1, -0.05) is 27.2 Å². The molecule has 0 aliphatic carbocycles. The molecule has 0 aromatic heterocycles. The molecule has 0 aromatic rings. The summed E-state index contributed by atoms with van der Waals surface area (Å²) in [4.78, 5) is 0. The van der Waals surface area contributed by atoms with Crippen molar-refractivity contribution in [2.24, 2.45) is 5.92 Å². The van der Waals surface area contributed by atoms with E-state index in [1.54, 1.807) is 0 Å². The highest BCUT2D eigenvalue weighted by molar-refractivity contribution is 4.76. The summed E-state index contributed by atoms with van der Waals surface area (Å²) in [6.45, 7) is 10.1. The number of hydrogen-bond donors (Lipinski definition) is 2. The Hall–Kier alpha value is -0.0800. The quantitative estimate of drug-likeness (QED) is 0.599. The maximum atomic E-state index is 9.92. The first-order valence-corrected chi connectivity index (χ1v) is 5.41. The van der Waals surface area contributed by atoms with Gasteiger partial charge in [0.25, 0.3) is 0 Å². The molecular weight excluding hydrogens is 162 g/mol. The Kier molecular flexibility index (Phi) is 6.35. The fraction of sp³-hybridized carbons (Fsp3) is 1.00. The van der Waals surface area contributed by atoms with Crippen molar-refractivity contribution in [3.63, 3.8) is 0 Å². The molecule has 0 aromatic carbocycles. The van der Waals surface area contributed by atoms with E-state index in [1.165, 1.54) is 12.8 Å². The molecule has 2 nitrogen and oxygen atoms in total. The third-order valence-corrected chi connectivity index (χ3v) is 2.06. The molecule has 1 unspecified atom stereocenters. The zero-order chi connectivity index (χ0) is 10.3. The van der Waals surface area contributed by atoms with Crippen molar-refractivity contribution >= 4 is 0 Å². The third kappa shape index (κ3) is 8.26. The van der Waals surface area contributed by atoms with Crippen LogP contribution in [0.3, 0.4) is 0 Å². The first-order chi connectivity index (χ1) is 5.98. The predicted molar refractivity (Wildman–Crippen MR) is 57.9 cm³/mol. The second-order valence-corrected chi connectivity index (χ2v) is 4.63. The number of aliphatic hydroxyl groups is 1. The van der Waals surface area contributed by atoms with Gasteiger partial charge in [0.05, 0.1) is 5.60 Å². The smallest absolute Gasteiger partial charge is 0.0746 e. The zero-order valence-corrected chi connectivity index (χ0v) is 9.56. The van der Waals surface area contributed by atoms with Gasteiger partial charge in [-0.3, -0.25) is 0 Å². The van der Waals surface area contributed by atoms with Crippen LogP contribution in [0, 0.1) is 5.92 Å². The molecule has 0 bridgehead atoms. The van der Waals surface area contributed by atoms with Crippen molar-refractivity contribution in [3.8, 4) is 0 Å². The first-order valence-electron chi connectivity index (χ1n) is 5.41. The van der Waals surface area contributed by atoms with Crippen LogP contribution < -0.4 is 5.32 Å². The van der Waals surface area contributed by atoms with Crippen LogP contribution in [-0.2, 0) is 0 Å². The molecule has 0 heterocycles. The summed E-state index contributed by atoms with van der Waals surface area (Å²) in [5, 5.41) is 13.2. The van der Waals surface area contributed by atoms with Crippen LogP contribution in [-0.4, -0.2) is 23.8 Å². The Balaban J connectivity index is 3.50. The largest absolute Gasteiger partial charge is 0.389 e. The van der Waals surface area contributed by atoms with E-state index in [4.69, 9.17) is 0 Å². The Morgan fingerprint density at radius 1 is 1.38 bits per heavy atom. The Morgan fingerprint density at radius 2 is 2.00 bits per heavy atom. The molecule has 0 saturated carbocycles. The summed E-state index contributed by atoms with van der Waals surface area (Å²) >= 11 is 0. The molecule has 80 valence electrons. The maximum Gasteiger partial charge on any atom is 0.0746 e. The second kappa shape index (κ2) is 6.39. The Morgan fingerprint density at radius 3 is 2.46 bits per heavy atom. The highest BCUT2D eigenvalue weighted by Gasteiger charge is 2.20. The van der Waals surface area contributed by atoms with E-state index >= 15 is 0 Å². The van der Waals surface area contributed by atoms with Crippen molar-refractivity contribution < 1.29 is 5.11 Å². The average molecular weight is 187 g/mol. The lowest BCUT2D eigenvalue weighted by Crippen LogP contribution is -2.39. The van der Waals surface area contributed by atoms with Gasteiger partial charge in [0.1, 0.15) is 0 Å². The van der Waals surface area contributed by atoms with Gasteiger partial charge >= 0.3 is 0 Å². The fourth-order valence-corrected chi connectivity index (χ4v) is 1.61. The van der Waals surface area contributed by atoms with Crippen molar-refractivity contribution in [1.82, 2.24) is 5.32 Å². The van der Waals surface area contributed by atoms with E-state index < -0.39 is 5.60 Å². The fourth-order valence-electron chi connectivity index (χ4n) is 1.61. The molecule has 0 spiro atoms. The predicted octanol–water partition coefficient (Wildman–Crippen LogP) is 2.17. The Bertz CT molecular complexity index is 121. The van der Waals surface area contributed by atoms with Gasteiger partial charge in [-0.15, -0.1) is 0 Å². The van der Waals surface area contributed by atoms with Gasteiger partial charge in [0.2, 0.25) is 0 Å². The highest BCUT2D eigenvalue weighted by atomic mass is 16.3. The van der Waals surface area contributed by atoms with Crippen LogP contribution >= 0.6 is 0 Å². The minimum absolute atomic E-state index is 0.540. The summed E-state index contributed by atoms with van der Waals surface area (Å²) < 4.78 is 0. The maximum absolute atomic E-state index is 9.92. The third-order valence-electron chi connectivity index (χ3n) is 2.06. The molecule has 0 aliphatic rings. The second-order valence-electron chi connectivity index (χ2n) is 4.63. The molecule has 2 heteroatoms. The van der Waals surface area contributed by atoms with Crippen molar-refractivity contribution in [2.75, 3.05) is 13.1 Å². The Labute approximate surface area is 82.7 Å². The normalized spacial score (nSPS) is 16.2. The summed E-state index contributed by atoms with van der Waals surface area (Å²) in [7, 11) is 0. The zero-order valence-electron chi connectivity index (χ0n) is 9.56. The monoisotopic (exact) mass is 187 g/mol. The molecule has 0 saturated heterocycles. The molecule has 0 aliphatic heterocycles. The van der Waals surface area contributed by atoms with Crippen LogP contribution in [0.15, 0.2) is 0 Å². The van der Waals surface area contributed by atoms with E-state index in [1.807, 2.05) is 6.92 Å². The minimum Gasteiger partial charge on any atom is -0.389 e. The molecule has 0 rings (SSSR count). The summed E-state index contributed by atoms with van der Waals surface area (Å²) in [5.41, 5.74) is -0.540. The van der Waals surface area contributed by atoms with Gasteiger partial charge in [-0.25, -0.2) is 0 Å². The topological polar surface area (TPSA) is 32.3 Å². The molecule has 13 heavy (non-hydrogen) atoms. The lowest BCUT2D eigenvalue weighted by atomic mass is 9.94. The summed E-state index contributed by atoms with van der Waals surface area (Å²) in [6, 6.07) is 0. The number of unbranched alkanes of at least 4 members (excludes halogenated alkanes) is 1. The first kappa shape index (κ1) is 12.9. The van der Waals surface area contributed by atoms with Crippen molar-refractivity contribution in [1.29, 1.82) is 0 Å².